The van der Waals surface area contributed by atoms with Gasteiger partial charge in [0.05, 0.1) is 30.0 Å². The van der Waals surface area contributed by atoms with Crippen LogP contribution < -0.4 is 0 Å². The molecule has 2 aliphatic heterocycles. The van der Waals surface area contributed by atoms with E-state index in [1.807, 2.05) is 13.8 Å². The van der Waals surface area contributed by atoms with E-state index in [2.05, 4.69) is 47.6 Å². The van der Waals surface area contributed by atoms with Crippen molar-refractivity contribution in [1.82, 2.24) is 0 Å². The smallest absolute Gasteiger partial charge is 0.303 e. The van der Waals surface area contributed by atoms with Crippen molar-refractivity contribution in [2.24, 2.45) is 45.3 Å². The molecule has 328 valence electrons. The molecule has 13 heteroatoms. The molecule has 4 aliphatic carbocycles. The molecule has 0 aromatic carbocycles. The van der Waals surface area contributed by atoms with Crippen LogP contribution in [0.1, 0.15) is 128 Å². The van der Waals surface area contributed by atoms with Gasteiger partial charge in [0.25, 0.3) is 0 Å². The summed E-state index contributed by atoms with van der Waals surface area (Å²) in [6.07, 6.45) is -6.16. The van der Waals surface area contributed by atoms with Crippen molar-refractivity contribution in [3.05, 3.63) is 11.6 Å². The Labute approximate surface area is 339 Å². The summed E-state index contributed by atoms with van der Waals surface area (Å²) in [4.78, 5) is 12.8. The minimum absolute atomic E-state index is 0.00580. The van der Waals surface area contributed by atoms with Crippen molar-refractivity contribution >= 4 is 5.97 Å². The monoisotopic (exact) mass is 811 g/mol. The van der Waals surface area contributed by atoms with Gasteiger partial charge in [0.1, 0.15) is 42.7 Å². The molecule has 20 atom stereocenters. The lowest BCUT2D eigenvalue weighted by Gasteiger charge is -2.72. The third-order valence-corrected chi connectivity index (χ3v) is 16.5. The summed E-state index contributed by atoms with van der Waals surface area (Å²) in [5, 5.41) is 75.6. The lowest BCUT2D eigenvalue weighted by molar-refractivity contribution is -0.351. The van der Waals surface area contributed by atoms with Crippen molar-refractivity contribution in [2.45, 2.75) is 213 Å². The number of esters is 1. The van der Waals surface area contributed by atoms with Crippen molar-refractivity contribution < 1.29 is 64.2 Å². The normalized spacial score (nSPS) is 51.4. The van der Waals surface area contributed by atoms with Crippen molar-refractivity contribution in [1.29, 1.82) is 0 Å². The molecule has 2 heterocycles. The molecule has 6 fully saturated rings. The van der Waals surface area contributed by atoms with E-state index in [1.54, 1.807) is 13.8 Å². The van der Waals surface area contributed by atoms with Gasteiger partial charge in [-0.3, -0.25) is 4.79 Å². The fourth-order valence-electron chi connectivity index (χ4n) is 13.5. The highest BCUT2D eigenvalue weighted by Crippen LogP contribution is 2.76. The molecule has 0 unspecified atom stereocenters. The van der Waals surface area contributed by atoms with Gasteiger partial charge < -0.3 is 59.4 Å². The van der Waals surface area contributed by atoms with Crippen molar-refractivity contribution in [3.8, 4) is 0 Å². The zero-order chi connectivity index (χ0) is 42.4. The molecular formula is C44H74O13. The second-order valence-electron chi connectivity index (χ2n) is 21.0. The van der Waals surface area contributed by atoms with E-state index in [4.69, 9.17) is 23.7 Å². The average Bonchev–Trinajstić information content (AvgIpc) is 3.45. The molecule has 13 nitrogen and oxygen atoms in total. The number of aliphatic hydroxyl groups is 7. The summed E-state index contributed by atoms with van der Waals surface area (Å²) in [5.41, 5.74) is -1.08. The largest absolute Gasteiger partial charge is 0.459 e. The molecule has 0 spiro atoms. The summed E-state index contributed by atoms with van der Waals surface area (Å²) in [6.45, 7) is 21.8. The molecule has 6 aliphatic rings. The molecule has 0 aromatic rings. The molecule has 57 heavy (non-hydrogen) atoms. The first kappa shape index (κ1) is 45.3. The van der Waals surface area contributed by atoms with E-state index >= 15 is 0 Å². The van der Waals surface area contributed by atoms with Gasteiger partial charge in [0, 0.05) is 12.3 Å². The van der Waals surface area contributed by atoms with Gasteiger partial charge in [-0.1, -0.05) is 46.3 Å². The van der Waals surface area contributed by atoms with Gasteiger partial charge in [-0.2, -0.15) is 0 Å². The fraction of sp³-hybridized carbons (Fsp3) is 0.932. The molecule has 0 aromatic heterocycles. The number of hydrogen-bond acceptors (Lipinski definition) is 13. The zero-order valence-electron chi connectivity index (χ0n) is 36.1. The molecule has 2 saturated heterocycles. The number of rotatable bonds is 9. The van der Waals surface area contributed by atoms with E-state index in [0.29, 0.717) is 19.3 Å². The summed E-state index contributed by atoms with van der Waals surface area (Å²) in [5.74, 6) is -0.114. The highest BCUT2D eigenvalue weighted by molar-refractivity contribution is 5.66. The van der Waals surface area contributed by atoms with Crippen LogP contribution in [-0.4, -0.2) is 127 Å². The first-order valence-corrected chi connectivity index (χ1v) is 21.5. The van der Waals surface area contributed by atoms with E-state index in [-0.39, 0.29) is 34.5 Å². The molecule has 4 saturated carbocycles. The lowest BCUT2D eigenvalue weighted by atomic mass is 9.34. The Balaban J connectivity index is 1.43. The van der Waals surface area contributed by atoms with E-state index < -0.39 is 102 Å². The van der Waals surface area contributed by atoms with Gasteiger partial charge in [0.15, 0.2) is 12.6 Å². The summed E-state index contributed by atoms with van der Waals surface area (Å²) in [7, 11) is 0. The maximum Gasteiger partial charge on any atom is 0.303 e. The third-order valence-electron chi connectivity index (χ3n) is 16.5. The average molecular weight is 811 g/mol. The Kier molecular flexibility index (Phi) is 12.6. The molecule has 7 N–H and O–H groups in total. The summed E-state index contributed by atoms with van der Waals surface area (Å²) < 4.78 is 31.9. The number of hydrogen-bond donors (Lipinski definition) is 7. The van der Waals surface area contributed by atoms with Crippen LogP contribution in [0.3, 0.4) is 0 Å². The van der Waals surface area contributed by atoms with Gasteiger partial charge in [0.2, 0.25) is 0 Å². The first-order chi connectivity index (χ1) is 26.3. The standard InChI is InChI=1S/C44H74O13/c1-21(13-12-16-40(5,6)52)25-14-17-43(10)26(25)19-27(56-38-34(50)32(48)30(46)22(2)53-38)36-42(9)20-28(57-39-35(51)33(49)31(47)23(3)54-39)37(55-24(4)45)41(7,8)29(42)15-18-44(36,43)11/h13,22-23,25-39,46-52H,12,14-20H2,1-11H3/t22-,23-,25-,26-,27-,28-,29+,30+,31+,32+,33+,34-,35-,36-,37-,38+,39+,42+,43-,44-/m1/s1. The van der Waals surface area contributed by atoms with Crippen LogP contribution in [0, 0.1) is 45.3 Å². The third kappa shape index (κ3) is 7.81. The number of carbonyl (C=O) groups is 1. The zero-order valence-corrected chi connectivity index (χ0v) is 36.1. The number of ether oxygens (including phenoxy) is 5. The molecule has 0 radical (unpaired) electrons. The quantitative estimate of drug-likeness (QED) is 0.101. The van der Waals surface area contributed by atoms with Crippen LogP contribution in [0.5, 0.6) is 0 Å². The van der Waals surface area contributed by atoms with Crippen LogP contribution in [0.4, 0.5) is 0 Å². The highest BCUT2D eigenvalue weighted by atomic mass is 16.7. The minimum atomic E-state index is -1.55. The second kappa shape index (κ2) is 15.9. The first-order valence-electron chi connectivity index (χ1n) is 21.5. The SMILES string of the molecule is CC(=O)O[C@@H]1[C@H](O[C@@H]2O[C@H](C)[C@H](O)[C@H](O)[C@H]2O)C[C@]2(C)[C@H]3[C@H](O[C@@H]4O[C@H](C)[C@H](O)[C@H](O)[C@H]4O)C[C@@H]4[C@@H](C(C)=CCCC(C)(C)O)CC[C@@]4(C)[C@]3(C)CC[C@H]2C1(C)C. The van der Waals surface area contributed by atoms with Gasteiger partial charge in [-0.15, -0.1) is 0 Å². The Hall–Kier alpha value is -1.23. The highest BCUT2D eigenvalue weighted by Gasteiger charge is 2.73. The topological polar surface area (TPSA) is 205 Å². The van der Waals surface area contributed by atoms with E-state index in [0.717, 1.165) is 32.1 Å². The van der Waals surface area contributed by atoms with Gasteiger partial charge in [-0.25, -0.2) is 0 Å². The van der Waals surface area contributed by atoms with Crippen LogP contribution in [0.15, 0.2) is 11.6 Å². The van der Waals surface area contributed by atoms with Crippen LogP contribution in [-0.2, 0) is 28.5 Å². The maximum absolute atomic E-state index is 12.8. The van der Waals surface area contributed by atoms with Crippen LogP contribution in [0.25, 0.3) is 0 Å². The Morgan fingerprint density at radius 1 is 0.772 bits per heavy atom. The van der Waals surface area contributed by atoms with Crippen molar-refractivity contribution in [2.75, 3.05) is 0 Å². The van der Waals surface area contributed by atoms with Crippen LogP contribution in [0.2, 0.25) is 0 Å². The maximum atomic E-state index is 12.8. The Morgan fingerprint density at radius 2 is 1.30 bits per heavy atom. The van der Waals surface area contributed by atoms with Crippen LogP contribution >= 0.6 is 0 Å². The number of allylic oxidation sites excluding steroid dienone is 2. The fourth-order valence-corrected chi connectivity index (χ4v) is 13.5. The second-order valence-corrected chi connectivity index (χ2v) is 21.0. The molecule has 6 rings (SSSR count). The number of aliphatic hydroxyl groups excluding tert-OH is 6. The van der Waals surface area contributed by atoms with E-state index in [9.17, 15) is 40.5 Å². The number of fused-ring (bicyclic) bond motifs is 5. The lowest BCUT2D eigenvalue weighted by Crippen LogP contribution is -2.71. The predicted octanol–water partition coefficient (Wildman–Crippen LogP) is 3.75. The van der Waals surface area contributed by atoms with Gasteiger partial charge in [-0.05, 0) is 126 Å². The van der Waals surface area contributed by atoms with Gasteiger partial charge >= 0.3 is 5.97 Å². The summed E-state index contributed by atoms with van der Waals surface area (Å²) in [6, 6.07) is 0. The summed E-state index contributed by atoms with van der Waals surface area (Å²) >= 11 is 0. The van der Waals surface area contributed by atoms with Crippen molar-refractivity contribution in [3.63, 3.8) is 0 Å². The molecular weight excluding hydrogens is 736 g/mol. The van der Waals surface area contributed by atoms with E-state index in [1.165, 1.54) is 12.5 Å². The number of carbonyl (C=O) groups excluding carboxylic acids is 1. The molecule has 0 amide bonds. The minimum Gasteiger partial charge on any atom is -0.459 e. The molecule has 0 bridgehead atoms. The Bertz CT molecular complexity index is 1480. The predicted molar refractivity (Wildman–Crippen MR) is 209 cm³/mol. The Morgan fingerprint density at radius 3 is 1.82 bits per heavy atom.